The lowest BCUT2D eigenvalue weighted by molar-refractivity contribution is -0.163. The quantitative estimate of drug-likeness (QED) is 0.364. The average Bonchev–Trinajstić information content (AvgIpc) is 2.70. The third-order valence-corrected chi connectivity index (χ3v) is 3.73. The first-order valence-electron chi connectivity index (χ1n) is 5.75. The van der Waals surface area contributed by atoms with Gasteiger partial charge < -0.3 is 4.74 Å². The number of fused-ring (bicyclic) bond motifs is 1. The second-order valence-corrected chi connectivity index (χ2v) is 5.65. The number of methoxy groups -OCH3 is 1. The van der Waals surface area contributed by atoms with Gasteiger partial charge in [-0.15, -0.1) is 0 Å². The number of benzene rings is 1. The average molecular weight is 344 g/mol. The molecule has 0 unspecified atom stereocenters. The number of ether oxygens (including phenoxy) is 1. The first-order chi connectivity index (χ1) is 9.35. The zero-order valence-corrected chi connectivity index (χ0v) is 12.3. The monoisotopic (exact) mass is 343 g/mol. The number of carbonyl (C=O) groups is 3. The molecule has 1 aromatic rings. The van der Waals surface area contributed by atoms with Crippen molar-refractivity contribution in [3.8, 4) is 0 Å². The van der Waals surface area contributed by atoms with Crippen molar-refractivity contribution in [1.29, 1.82) is 0 Å². The van der Waals surface area contributed by atoms with Gasteiger partial charge in [-0.05, 0) is 19.1 Å². The Labute approximate surface area is 122 Å². The topological polar surface area (TPSA) is 63.7 Å². The van der Waals surface area contributed by atoms with Gasteiger partial charge >= 0.3 is 11.8 Å². The lowest BCUT2D eigenvalue weighted by atomic mass is 10.1. The first-order valence-corrected chi connectivity index (χ1v) is 6.66. The predicted molar refractivity (Wildman–Crippen MR) is 71.2 cm³/mol. The summed E-state index contributed by atoms with van der Waals surface area (Å²) in [6.45, 7) is 1.32. The minimum Gasteiger partial charge on any atom is -0.465 e. The minimum absolute atomic E-state index is 0.0663. The highest BCUT2D eigenvalue weighted by Gasteiger charge is 2.58. The second-order valence-electron chi connectivity index (χ2n) is 4.27. The molecule has 106 valence electrons. The van der Waals surface area contributed by atoms with Gasteiger partial charge in [0.05, 0.1) is 23.1 Å². The third kappa shape index (κ3) is 1.84. The fourth-order valence-electron chi connectivity index (χ4n) is 2.06. The van der Waals surface area contributed by atoms with E-state index in [0.717, 1.165) is 7.11 Å². The number of hydrogen-bond donors (Lipinski definition) is 0. The van der Waals surface area contributed by atoms with E-state index in [0.29, 0.717) is 4.90 Å². The van der Waals surface area contributed by atoms with E-state index in [2.05, 4.69) is 20.7 Å². The molecule has 5 nitrogen and oxygen atoms in total. The van der Waals surface area contributed by atoms with Crippen molar-refractivity contribution in [2.75, 3.05) is 7.11 Å². The number of halogens is 2. The Morgan fingerprint density at radius 2 is 1.75 bits per heavy atom. The van der Waals surface area contributed by atoms with E-state index in [4.69, 9.17) is 0 Å². The van der Waals surface area contributed by atoms with Gasteiger partial charge in [0, 0.05) is 0 Å². The van der Waals surface area contributed by atoms with Gasteiger partial charge in [-0.1, -0.05) is 28.1 Å². The molecule has 1 aromatic carbocycles. The Bertz CT molecular complexity index is 569. The SMILES string of the molecule is COC(=O)[C@@](F)([C@@H](C)Br)N1C(=O)c2ccccc2C1=O. The van der Waals surface area contributed by atoms with Gasteiger partial charge in [0.25, 0.3) is 11.8 Å². The highest BCUT2D eigenvalue weighted by molar-refractivity contribution is 9.09. The van der Waals surface area contributed by atoms with Gasteiger partial charge in [0.2, 0.25) is 0 Å². The summed E-state index contributed by atoms with van der Waals surface area (Å²) in [4.78, 5) is 35.3. The number of hydrogen-bond acceptors (Lipinski definition) is 4. The number of imide groups is 1. The molecule has 2 amide bonds. The molecule has 0 saturated heterocycles. The number of nitrogens with zero attached hydrogens (tertiary/aromatic N) is 1. The number of esters is 1. The van der Waals surface area contributed by atoms with Crippen molar-refractivity contribution in [3.63, 3.8) is 0 Å². The molecule has 0 aromatic heterocycles. The molecular weight excluding hydrogens is 333 g/mol. The fourth-order valence-corrected chi connectivity index (χ4v) is 2.45. The van der Waals surface area contributed by atoms with Gasteiger partial charge in [0.1, 0.15) is 0 Å². The number of rotatable bonds is 3. The van der Waals surface area contributed by atoms with Crippen LogP contribution in [0.25, 0.3) is 0 Å². The van der Waals surface area contributed by atoms with Crippen LogP contribution in [0.1, 0.15) is 27.6 Å². The summed E-state index contributed by atoms with van der Waals surface area (Å²) in [5.41, 5.74) is 0.133. The number of amides is 2. The molecule has 0 fully saturated rings. The Balaban J connectivity index is 2.56. The Morgan fingerprint density at radius 3 is 2.10 bits per heavy atom. The summed E-state index contributed by atoms with van der Waals surface area (Å²) in [6, 6.07) is 5.94. The highest BCUT2D eigenvalue weighted by atomic mass is 79.9. The van der Waals surface area contributed by atoms with Crippen LogP contribution in [0.4, 0.5) is 4.39 Å². The molecule has 20 heavy (non-hydrogen) atoms. The van der Waals surface area contributed by atoms with Gasteiger partial charge in [-0.3, -0.25) is 9.59 Å². The maximum Gasteiger partial charge on any atom is 0.366 e. The van der Waals surface area contributed by atoms with Crippen molar-refractivity contribution in [2.24, 2.45) is 0 Å². The summed E-state index contributed by atoms with van der Waals surface area (Å²) in [7, 11) is 0.990. The van der Waals surface area contributed by atoms with E-state index < -0.39 is 28.4 Å². The molecule has 0 aliphatic carbocycles. The maximum absolute atomic E-state index is 15.0. The Morgan fingerprint density at radius 1 is 1.30 bits per heavy atom. The molecule has 0 spiro atoms. The van der Waals surface area contributed by atoms with Crippen molar-refractivity contribution in [2.45, 2.75) is 17.5 Å². The lowest BCUT2D eigenvalue weighted by Gasteiger charge is -2.32. The first kappa shape index (κ1) is 14.6. The Kier molecular flexibility index (Phi) is 3.64. The van der Waals surface area contributed by atoms with E-state index in [1.165, 1.54) is 19.1 Å². The van der Waals surface area contributed by atoms with Crippen LogP contribution in [-0.2, 0) is 9.53 Å². The summed E-state index contributed by atoms with van der Waals surface area (Å²) < 4.78 is 19.4. The molecule has 0 saturated carbocycles. The smallest absolute Gasteiger partial charge is 0.366 e. The molecule has 0 radical (unpaired) electrons. The van der Waals surface area contributed by atoms with Crippen LogP contribution in [0.3, 0.4) is 0 Å². The van der Waals surface area contributed by atoms with E-state index >= 15 is 4.39 Å². The van der Waals surface area contributed by atoms with Crippen LogP contribution in [-0.4, -0.2) is 40.4 Å². The van der Waals surface area contributed by atoms with Gasteiger partial charge in [-0.2, -0.15) is 0 Å². The molecule has 2 atom stereocenters. The van der Waals surface area contributed by atoms with Crippen LogP contribution >= 0.6 is 15.9 Å². The highest BCUT2D eigenvalue weighted by Crippen LogP contribution is 2.36. The maximum atomic E-state index is 15.0. The molecule has 1 aliphatic heterocycles. The molecule has 1 heterocycles. The zero-order chi connectivity index (χ0) is 15.1. The van der Waals surface area contributed by atoms with Crippen LogP contribution in [0.2, 0.25) is 0 Å². The number of alkyl halides is 2. The van der Waals surface area contributed by atoms with Crippen molar-refractivity contribution in [3.05, 3.63) is 35.4 Å². The van der Waals surface area contributed by atoms with Crippen LogP contribution in [0, 0.1) is 0 Å². The van der Waals surface area contributed by atoms with E-state index in [1.54, 1.807) is 12.1 Å². The second kappa shape index (κ2) is 4.97. The van der Waals surface area contributed by atoms with E-state index in [-0.39, 0.29) is 11.1 Å². The molecule has 0 N–H and O–H groups in total. The fraction of sp³-hybridized carbons (Fsp3) is 0.308. The number of carbonyl (C=O) groups excluding carboxylic acids is 3. The standard InChI is InChI=1S/C13H11BrFNO4/c1-7(14)13(15,12(19)20-2)16-10(17)8-5-3-4-6-9(8)11(16)18/h3-7H,1-2H3/t7-,13-/m1/s1. The van der Waals surface area contributed by atoms with Gasteiger partial charge in [-0.25, -0.2) is 14.1 Å². The molecular formula is C13H11BrFNO4. The summed E-state index contributed by atoms with van der Waals surface area (Å²) in [5, 5.41) is 0. The normalized spacial score (nSPS) is 18.5. The lowest BCUT2D eigenvalue weighted by Crippen LogP contribution is -2.59. The van der Waals surface area contributed by atoms with Crippen LogP contribution in [0.5, 0.6) is 0 Å². The van der Waals surface area contributed by atoms with E-state index in [1.807, 2.05) is 0 Å². The minimum atomic E-state index is -2.90. The van der Waals surface area contributed by atoms with Gasteiger partial charge in [0.15, 0.2) is 0 Å². The molecule has 1 aliphatic rings. The summed E-state index contributed by atoms with van der Waals surface area (Å²) >= 11 is 2.93. The third-order valence-electron chi connectivity index (χ3n) is 3.12. The summed E-state index contributed by atoms with van der Waals surface area (Å²) in [5.74, 6) is -5.92. The molecule has 0 bridgehead atoms. The largest absolute Gasteiger partial charge is 0.465 e. The zero-order valence-electron chi connectivity index (χ0n) is 10.7. The molecule has 7 heteroatoms. The van der Waals surface area contributed by atoms with Crippen LogP contribution < -0.4 is 0 Å². The summed E-state index contributed by atoms with van der Waals surface area (Å²) in [6.07, 6.45) is 0. The van der Waals surface area contributed by atoms with Crippen molar-refractivity contribution in [1.82, 2.24) is 4.90 Å². The van der Waals surface area contributed by atoms with Crippen molar-refractivity contribution < 1.29 is 23.5 Å². The predicted octanol–water partition coefficient (Wildman–Crippen LogP) is 1.90. The van der Waals surface area contributed by atoms with E-state index in [9.17, 15) is 14.4 Å². The van der Waals surface area contributed by atoms with Crippen molar-refractivity contribution >= 4 is 33.7 Å². The van der Waals surface area contributed by atoms with Crippen LogP contribution in [0.15, 0.2) is 24.3 Å². The molecule has 2 rings (SSSR count). The Hall–Kier alpha value is -1.76.